The van der Waals surface area contributed by atoms with Crippen LogP contribution in [-0.4, -0.2) is 23.7 Å². The van der Waals surface area contributed by atoms with Gasteiger partial charge in [0.1, 0.15) is 0 Å². The largest absolute Gasteiger partial charge is 0.322 e. The Hall–Kier alpha value is -1.72. The second-order valence-corrected chi connectivity index (χ2v) is 7.03. The summed E-state index contributed by atoms with van der Waals surface area (Å²) in [5.41, 5.74) is 0.844. The van der Waals surface area contributed by atoms with Gasteiger partial charge in [-0.05, 0) is 37.4 Å². The van der Waals surface area contributed by atoms with E-state index in [1.807, 2.05) is 30.5 Å². The number of hydrogen-bond acceptors (Lipinski definition) is 3. The van der Waals surface area contributed by atoms with Crippen LogP contribution in [0.15, 0.2) is 53.9 Å². The lowest BCUT2D eigenvalue weighted by molar-refractivity contribution is 0.215. The van der Waals surface area contributed by atoms with Crippen molar-refractivity contribution in [2.24, 2.45) is 0 Å². The number of thiophene rings is 1. The van der Waals surface area contributed by atoms with E-state index >= 15 is 0 Å². The summed E-state index contributed by atoms with van der Waals surface area (Å²) in [5.74, 6) is 0. The summed E-state index contributed by atoms with van der Waals surface area (Å²) < 4.78 is 0. The Kier molecular flexibility index (Phi) is 6.10. The SMILES string of the molecule is C=CCN(Cc1ccc(C)s1)C(=O)Nc1ccccc1SC. The normalized spacial score (nSPS) is 10.3. The van der Waals surface area contributed by atoms with E-state index in [-0.39, 0.29) is 6.03 Å². The minimum absolute atomic E-state index is 0.104. The third-order valence-corrected chi connectivity index (χ3v) is 4.91. The van der Waals surface area contributed by atoms with Crippen molar-refractivity contribution in [3.63, 3.8) is 0 Å². The van der Waals surface area contributed by atoms with Crippen LogP contribution < -0.4 is 5.32 Å². The smallest absolute Gasteiger partial charge is 0.316 e. The first kappa shape index (κ1) is 16.6. The molecule has 3 nitrogen and oxygen atoms in total. The molecule has 5 heteroatoms. The predicted octanol–water partition coefficient (Wildman–Crippen LogP) is 5.00. The Morgan fingerprint density at radius 2 is 2.14 bits per heavy atom. The van der Waals surface area contributed by atoms with E-state index in [2.05, 4.69) is 31.0 Å². The molecule has 0 radical (unpaired) electrons. The first-order valence-electron chi connectivity index (χ1n) is 6.99. The molecule has 0 atom stereocenters. The lowest BCUT2D eigenvalue weighted by atomic mass is 10.3. The van der Waals surface area contributed by atoms with E-state index < -0.39 is 0 Å². The number of thioether (sulfide) groups is 1. The summed E-state index contributed by atoms with van der Waals surface area (Å²) in [6.07, 6.45) is 3.75. The fourth-order valence-electron chi connectivity index (χ4n) is 2.08. The summed E-state index contributed by atoms with van der Waals surface area (Å²) in [6, 6.07) is 11.9. The van der Waals surface area contributed by atoms with Crippen molar-refractivity contribution < 1.29 is 4.79 Å². The number of anilines is 1. The molecule has 0 saturated heterocycles. The molecule has 2 rings (SSSR count). The average molecular weight is 332 g/mol. The highest BCUT2D eigenvalue weighted by molar-refractivity contribution is 7.98. The fraction of sp³-hybridized carbons (Fsp3) is 0.235. The van der Waals surface area contributed by atoms with Crippen LogP contribution in [0.4, 0.5) is 10.5 Å². The first-order valence-corrected chi connectivity index (χ1v) is 9.03. The minimum atomic E-state index is -0.104. The van der Waals surface area contributed by atoms with Gasteiger partial charge in [-0.25, -0.2) is 4.79 Å². The molecule has 0 unspecified atom stereocenters. The Labute approximate surface area is 140 Å². The molecule has 116 valence electrons. The molecule has 1 aromatic heterocycles. The second kappa shape index (κ2) is 8.06. The summed E-state index contributed by atoms with van der Waals surface area (Å²) in [5, 5.41) is 3.00. The van der Waals surface area contributed by atoms with Gasteiger partial charge in [-0.15, -0.1) is 29.7 Å². The molecular weight excluding hydrogens is 312 g/mol. The minimum Gasteiger partial charge on any atom is -0.316 e. The summed E-state index contributed by atoms with van der Waals surface area (Å²) in [4.78, 5) is 17.8. The van der Waals surface area contributed by atoms with Crippen molar-refractivity contribution >= 4 is 34.8 Å². The zero-order chi connectivity index (χ0) is 15.9. The number of urea groups is 1. The third-order valence-electron chi connectivity index (χ3n) is 3.13. The number of rotatable bonds is 6. The Balaban J connectivity index is 2.10. The van der Waals surface area contributed by atoms with Crippen molar-refractivity contribution in [1.29, 1.82) is 0 Å². The maximum atomic E-state index is 12.5. The van der Waals surface area contributed by atoms with Crippen LogP contribution in [0.2, 0.25) is 0 Å². The molecule has 0 spiro atoms. The molecule has 0 aliphatic rings. The molecule has 2 aromatic rings. The number of carbonyl (C=O) groups is 1. The van der Waals surface area contributed by atoms with Crippen LogP contribution in [0.25, 0.3) is 0 Å². The van der Waals surface area contributed by atoms with Gasteiger partial charge in [0.2, 0.25) is 0 Å². The van der Waals surface area contributed by atoms with Crippen molar-refractivity contribution in [3.05, 3.63) is 58.8 Å². The molecular formula is C17H20N2OS2. The van der Waals surface area contributed by atoms with Crippen molar-refractivity contribution in [2.75, 3.05) is 18.1 Å². The highest BCUT2D eigenvalue weighted by atomic mass is 32.2. The summed E-state index contributed by atoms with van der Waals surface area (Å²) in [7, 11) is 0. The number of carbonyl (C=O) groups excluding carboxylic acids is 1. The van der Waals surface area contributed by atoms with Crippen molar-refractivity contribution in [2.45, 2.75) is 18.4 Å². The summed E-state index contributed by atoms with van der Waals surface area (Å²) in [6.45, 7) is 6.93. The van der Waals surface area contributed by atoms with Gasteiger partial charge in [-0.1, -0.05) is 18.2 Å². The van der Waals surface area contributed by atoms with Crippen molar-refractivity contribution in [3.8, 4) is 0 Å². The number of nitrogens with one attached hydrogen (secondary N) is 1. The Morgan fingerprint density at radius 3 is 2.77 bits per heavy atom. The van der Waals surface area contributed by atoms with Crippen LogP contribution in [0.3, 0.4) is 0 Å². The molecule has 1 N–H and O–H groups in total. The van der Waals surface area contributed by atoms with Gasteiger partial charge < -0.3 is 10.2 Å². The number of aryl methyl sites for hydroxylation is 1. The highest BCUT2D eigenvalue weighted by Gasteiger charge is 2.15. The quantitative estimate of drug-likeness (QED) is 0.596. The lowest BCUT2D eigenvalue weighted by Gasteiger charge is -2.21. The fourth-order valence-corrected chi connectivity index (χ4v) is 3.54. The van der Waals surface area contributed by atoms with E-state index in [4.69, 9.17) is 0 Å². The number of nitrogens with zero attached hydrogens (tertiary/aromatic N) is 1. The molecule has 22 heavy (non-hydrogen) atoms. The van der Waals surface area contributed by atoms with Crippen LogP contribution in [0.5, 0.6) is 0 Å². The summed E-state index contributed by atoms with van der Waals surface area (Å²) >= 11 is 3.33. The topological polar surface area (TPSA) is 32.3 Å². The van der Waals surface area contributed by atoms with E-state index in [1.165, 1.54) is 9.75 Å². The van der Waals surface area contributed by atoms with Gasteiger partial charge >= 0.3 is 6.03 Å². The lowest BCUT2D eigenvalue weighted by Crippen LogP contribution is -2.34. The zero-order valence-corrected chi connectivity index (χ0v) is 14.5. The van der Waals surface area contributed by atoms with Gasteiger partial charge in [0.05, 0.1) is 12.2 Å². The molecule has 0 aliphatic carbocycles. The van der Waals surface area contributed by atoms with Gasteiger partial charge in [-0.3, -0.25) is 0 Å². The van der Waals surface area contributed by atoms with E-state index in [0.29, 0.717) is 13.1 Å². The van der Waals surface area contributed by atoms with E-state index in [1.54, 1.807) is 34.1 Å². The number of benzene rings is 1. The van der Waals surface area contributed by atoms with Gasteiger partial charge in [-0.2, -0.15) is 0 Å². The van der Waals surface area contributed by atoms with Gasteiger partial charge in [0.15, 0.2) is 0 Å². The van der Waals surface area contributed by atoms with E-state index in [9.17, 15) is 4.79 Å². The molecule has 1 aromatic carbocycles. The van der Waals surface area contributed by atoms with Gasteiger partial charge in [0.25, 0.3) is 0 Å². The molecule has 0 saturated carbocycles. The van der Waals surface area contributed by atoms with E-state index in [0.717, 1.165) is 10.6 Å². The zero-order valence-electron chi connectivity index (χ0n) is 12.8. The van der Waals surface area contributed by atoms with Crippen LogP contribution in [-0.2, 0) is 6.54 Å². The number of amides is 2. The monoisotopic (exact) mass is 332 g/mol. The highest BCUT2D eigenvalue weighted by Crippen LogP contribution is 2.25. The Bertz CT molecular complexity index is 652. The second-order valence-electron chi connectivity index (χ2n) is 4.81. The number of hydrogen-bond donors (Lipinski definition) is 1. The van der Waals surface area contributed by atoms with Crippen LogP contribution in [0, 0.1) is 6.92 Å². The number of para-hydroxylation sites is 1. The van der Waals surface area contributed by atoms with Crippen molar-refractivity contribution in [1.82, 2.24) is 4.90 Å². The average Bonchev–Trinajstić information content (AvgIpc) is 2.92. The molecule has 0 bridgehead atoms. The standard InChI is InChI=1S/C17H20N2OS2/c1-4-11-19(12-14-10-9-13(2)22-14)17(20)18-15-7-5-6-8-16(15)21-3/h4-10H,1,11-12H2,2-3H3,(H,18,20). The Morgan fingerprint density at radius 1 is 1.36 bits per heavy atom. The molecule has 1 heterocycles. The molecule has 0 fully saturated rings. The maximum absolute atomic E-state index is 12.5. The van der Waals surface area contributed by atoms with Crippen LogP contribution in [0.1, 0.15) is 9.75 Å². The molecule has 0 aliphatic heterocycles. The molecule has 2 amide bonds. The maximum Gasteiger partial charge on any atom is 0.322 e. The predicted molar refractivity (Wildman–Crippen MR) is 96.9 cm³/mol. The first-order chi connectivity index (χ1) is 10.6. The van der Waals surface area contributed by atoms with Crippen LogP contribution >= 0.6 is 23.1 Å². The van der Waals surface area contributed by atoms with Gasteiger partial charge in [0, 0.05) is 21.2 Å². The third kappa shape index (κ3) is 4.39.